The van der Waals surface area contributed by atoms with Crippen LogP contribution >= 0.6 is 22.7 Å². The van der Waals surface area contributed by atoms with E-state index in [0.717, 1.165) is 32.8 Å². The summed E-state index contributed by atoms with van der Waals surface area (Å²) >= 11 is 3.00. The van der Waals surface area contributed by atoms with Gasteiger partial charge in [0.25, 0.3) is 0 Å². The second kappa shape index (κ2) is 6.55. The van der Waals surface area contributed by atoms with E-state index < -0.39 is 0 Å². The van der Waals surface area contributed by atoms with E-state index in [1.54, 1.807) is 11.3 Å². The van der Waals surface area contributed by atoms with Crippen LogP contribution in [0.3, 0.4) is 0 Å². The molecule has 5 nitrogen and oxygen atoms in total. The van der Waals surface area contributed by atoms with E-state index in [1.165, 1.54) is 11.3 Å². The number of benzene rings is 1. The fourth-order valence-corrected chi connectivity index (χ4v) is 3.71. The molecule has 3 N–H and O–H groups in total. The van der Waals surface area contributed by atoms with E-state index in [-0.39, 0.29) is 6.10 Å². The second-order valence-corrected chi connectivity index (χ2v) is 7.18. The van der Waals surface area contributed by atoms with Crippen molar-refractivity contribution in [2.45, 2.75) is 26.9 Å². The number of aromatic nitrogens is 2. The van der Waals surface area contributed by atoms with Crippen molar-refractivity contribution in [2.24, 2.45) is 0 Å². The zero-order valence-electron chi connectivity index (χ0n) is 13.2. The summed E-state index contributed by atoms with van der Waals surface area (Å²) in [6, 6.07) is 7.86. The molecule has 0 aliphatic rings. The van der Waals surface area contributed by atoms with Gasteiger partial charge in [-0.25, -0.2) is 9.97 Å². The van der Waals surface area contributed by atoms with E-state index in [1.807, 2.05) is 50.4 Å². The lowest BCUT2D eigenvalue weighted by atomic mass is 10.3. The number of thiazole rings is 2. The maximum atomic E-state index is 5.82. The van der Waals surface area contributed by atoms with Crippen LogP contribution in [-0.4, -0.2) is 16.1 Å². The van der Waals surface area contributed by atoms with Gasteiger partial charge in [0.15, 0.2) is 10.3 Å². The quantitative estimate of drug-likeness (QED) is 0.701. The van der Waals surface area contributed by atoms with Gasteiger partial charge in [-0.1, -0.05) is 23.5 Å². The smallest absolute Gasteiger partial charge is 0.187 e. The van der Waals surface area contributed by atoms with Crippen LogP contribution in [-0.2, 0) is 0 Å². The van der Waals surface area contributed by atoms with Crippen LogP contribution < -0.4 is 15.8 Å². The average molecular weight is 346 g/mol. The summed E-state index contributed by atoms with van der Waals surface area (Å²) < 4.78 is 5.82. The molecular weight excluding hydrogens is 328 g/mol. The number of nitrogens with one attached hydrogen (secondary N) is 1. The van der Waals surface area contributed by atoms with E-state index in [9.17, 15) is 0 Å². The van der Waals surface area contributed by atoms with Crippen molar-refractivity contribution in [1.82, 2.24) is 9.97 Å². The van der Waals surface area contributed by atoms with Crippen molar-refractivity contribution >= 4 is 38.6 Å². The highest BCUT2D eigenvalue weighted by molar-refractivity contribution is 7.19. The van der Waals surface area contributed by atoms with Crippen LogP contribution in [0.1, 0.15) is 19.5 Å². The molecular formula is C16H18N4OS2. The number of anilines is 3. The highest BCUT2D eigenvalue weighted by atomic mass is 32.1. The van der Waals surface area contributed by atoms with E-state index in [4.69, 9.17) is 10.5 Å². The Kier molecular flexibility index (Phi) is 4.49. The van der Waals surface area contributed by atoms with Crippen molar-refractivity contribution < 1.29 is 4.74 Å². The van der Waals surface area contributed by atoms with E-state index in [2.05, 4.69) is 15.3 Å². The lowest BCUT2D eigenvalue weighted by Gasteiger charge is -2.14. The molecule has 0 amide bonds. The highest BCUT2D eigenvalue weighted by Crippen LogP contribution is 2.35. The SMILES string of the molecule is Cc1nc(N)sc1-c1csc(Nc2ccccc2OC(C)C)n1. The fourth-order valence-electron chi connectivity index (χ4n) is 2.13. The summed E-state index contributed by atoms with van der Waals surface area (Å²) in [6.45, 7) is 5.96. The number of ether oxygens (including phenoxy) is 1. The number of nitrogen functional groups attached to an aromatic ring is 1. The largest absolute Gasteiger partial charge is 0.489 e. The normalized spacial score (nSPS) is 11.0. The van der Waals surface area contributed by atoms with E-state index >= 15 is 0 Å². The molecule has 0 saturated heterocycles. The first-order valence-electron chi connectivity index (χ1n) is 7.24. The Morgan fingerprint density at radius 1 is 1.22 bits per heavy atom. The average Bonchev–Trinajstić information content (AvgIpc) is 3.07. The van der Waals surface area contributed by atoms with Gasteiger partial charge in [0, 0.05) is 5.38 Å². The number of nitrogens with zero attached hydrogens (tertiary/aromatic N) is 2. The Balaban J connectivity index is 1.84. The highest BCUT2D eigenvalue weighted by Gasteiger charge is 2.13. The molecule has 0 aliphatic carbocycles. The zero-order valence-corrected chi connectivity index (χ0v) is 14.8. The van der Waals surface area contributed by atoms with Crippen LogP contribution in [0.4, 0.5) is 16.0 Å². The Morgan fingerprint density at radius 3 is 2.70 bits per heavy atom. The zero-order chi connectivity index (χ0) is 16.4. The molecule has 0 atom stereocenters. The van der Waals surface area contributed by atoms with Crippen molar-refractivity contribution in [3.8, 4) is 16.3 Å². The minimum Gasteiger partial charge on any atom is -0.489 e. The number of para-hydroxylation sites is 2. The van der Waals surface area contributed by atoms with Gasteiger partial charge in [0.2, 0.25) is 0 Å². The monoisotopic (exact) mass is 346 g/mol. The van der Waals surface area contributed by atoms with Crippen molar-refractivity contribution in [1.29, 1.82) is 0 Å². The first kappa shape index (κ1) is 15.8. The van der Waals surface area contributed by atoms with Crippen LogP contribution in [0.25, 0.3) is 10.6 Å². The molecule has 7 heteroatoms. The maximum absolute atomic E-state index is 5.82. The third-order valence-corrected chi connectivity index (χ3v) is 4.81. The Bertz CT molecular complexity index is 810. The predicted molar refractivity (Wildman–Crippen MR) is 97.9 cm³/mol. The molecule has 0 saturated carbocycles. The number of aryl methyl sites for hydroxylation is 1. The summed E-state index contributed by atoms with van der Waals surface area (Å²) in [5.41, 5.74) is 8.47. The molecule has 1 aromatic carbocycles. The van der Waals surface area contributed by atoms with Gasteiger partial charge in [-0.15, -0.1) is 11.3 Å². The lowest BCUT2D eigenvalue weighted by molar-refractivity contribution is 0.244. The third-order valence-electron chi connectivity index (χ3n) is 3.04. The lowest BCUT2D eigenvalue weighted by Crippen LogP contribution is -2.07. The molecule has 120 valence electrons. The molecule has 0 radical (unpaired) electrons. The second-order valence-electron chi connectivity index (χ2n) is 5.29. The van der Waals surface area contributed by atoms with Gasteiger partial charge in [-0.2, -0.15) is 0 Å². The Labute approximate surface area is 143 Å². The molecule has 0 spiro atoms. The summed E-state index contributed by atoms with van der Waals surface area (Å²) in [5, 5.41) is 6.71. The Morgan fingerprint density at radius 2 is 2.00 bits per heavy atom. The fraction of sp³-hybridized carbons (Fsp3) is 0.250. The topological polar surface area (TPSA) is 73.1 Å². The summed E-state index contributed by atoms with van der Waals surface area (Å²) in [4.78, 5) is 9.90. The molecule has 23 heavy (non-hydrogen) atoms. The standard InChI is InChI=1S/C16H18N4OS2/c1-9(2)21-13-7-5-4-6-11(13)19-16-20-12(8-22-16)14-10(3)18-15(17)23-14/h4-9H,1-3H3,(H2,17,18)(H,19,20). The van der Waals surface area contributed by atoms with Crippen molar-refractivity contribution in [3.63, 3.8) is 0 Å². The van der Waals surface area contributed by atoms with Gasteiger partial charge in [0.05, 0.1) is 28.1 Å². The Hall–Kier alpha value is -2.12. The molecule has 0 fully saturated rings. The molecule has 2 heterocycles. The molecule has 0 bridgehead atoms. The van der Waals surface area contributed by atoms with Crippen molar-refractivity contribution in [3.05, 3.63) is 35.3 Å². The minimum absolute atomic E-state index is 0.118. The minimum atomic E-state index is 0.118. The van der Waals surface area contributed by atoms with Crippen LogP contribution in [0.2, 0.25) is 0 Å². The molecule has 3 aromatic rings. The predicted octanol–water partition coefficient (Wildman–Crippen LogP) is 4.69. The molecule has 0 unspecified atom stereocenters. The maximum Gasteiger partial charge on any atom is 0.187 e. The number of hydrogen-bond donors (Lipinski definition) is 2. The summed E-state index contributed by atoms with van der Waals surface area (Å²) in [6.07, 6.45) is 0.118. The number of nitrogens with two attached hydrogens (primary N) is 1. The van der Waals surface area contributed by atoms with Crippen LogP contribution in [0, 0.1) is 6.92 Å². The van der Waals surface area contributed by atoms with Gasteiger partial charge in [-0.05, 0) is 32.9 Å². The van der Waals surface area contributed by atoms with Gasteiger partial charge >= 0.3 is 0 Å². The molecule has 3 rings (SSSR count). The first-order valence-corrected chi connectivity index (χ1v) is 8.94. The van der Waals surface area contributed by atoms with Crippen LogP contribution in [0.5, 0.6) is 5.75 Å². The molecule has 2 aromatic heterocycles. The first-order chi connectivity index (χ1) is 11.0. The number of hydrogen-bond acceptors (Lipinski definition) is 7. The number of rotatable bonds is 5. The summed E-state index contributed by atoms with van der Waals surface area (Å²) in [7, 11) is 0. The van der Waals surface area contributed by atoms with Gasteiger partial charge < -0.3 is 15.8 Å². The van der Waals surface area contributed by atoms with Crippen LogP contribution in [0.15, 0.2) is 29.6 Å². The molecule has 0 aliphatic heterocycles. The summed E-state index contributed by atoms with van der Waals surface area (Å²) in [5.74, 6) is 0.817. The van der Waals surface area contributed by atoms with Crippen molar-refractivity contribution in [2.75, 3.05) is 11.1 Å². The van der Waals surface area contributed by atoms with Gasteiger partial charge in [-0.3, -0.25) is 0 Å². The van der Waals surface area contributed by atoms with Gasteiger partial charge in [0.1, 0.15) is 5.75 Å². The third kappa shape index (κ3) is 3.62. The van der Waals surface area contributed by atoms with E-state index in [0.29, 0.717) is 5.13 Å².